The molecule has 0 radical (unpaired) electrons. The number of hydrogen-bond donors (Lipinski definition) is 1. The highest BCUT2D eigenvalue weighted by atomic mass is 14.9. The van der Waals surface area contributed by atoms with Crippen molar-refractivity contribution in [2.75, 3.05) is 5.32 Å². The van der Waals surface area contributed by atoms with Crippen molar-refractivity contribution in [3.8, 4) is 0 Å². The van der Waals surface area contributed by atoms with E-state index >= 15 is 0 Å². The van der Waals surface area contributed by atoms with E-state index in [9.17, 15) is 0 Å². The van der Waals surface area contributed by atoms with Gasteiger partial charge in [0.2, 0.25) is 0 Å². The minimum Gasteiger partial charge on any atom is -0.382 e. The number of fused-ring (bicyclic) bond motifs is 2. The van der Waals surface area contributed by atoms with Crippen molar-refractivity contribution in [2.45, 2.75) is 63.8 Å². The zero-order chi connectivity index (χ0) is 12.7. The summed E-state index contributed by atoms with van der Waals surface area (Å²) in [4.78, 5) is 0. The van der Waals surface area contributed by atoms with Gasteiger partial charge in [0.05, 0.1) is 0 Å². The highest BCUT2D eigenvalue weighted by Gasteiger charge is 2.33. The van der Waals surface area contributed by atoms with Crippen molar-refractivity contribution >= 4 is 5.69 Å². The minimum atomic E-state index is 0.735. The molecule has 2 fully saturated rings. The summed E-state index contributed by atoms with van der Waals surface area (Å²) in [6, 6.07) is 7.82. The van der Waals surface area contributed by atoms with Crippen molar-refractivity contribution in [1.82, 2.24) is 0 Å². The fourth-order valence-corrected chi connectivity index (χ4v) is 4.73. The van der Waals surface area contributed by atoms with Crippen molar-refractivity contribution in [1.29, 1.82) is 0 Å². The minimum absolute atomic E-state index is 0.735. The summed E-state index contributed by atoms with van der Waals surface area (Å²) in [5.74, 6) is 2.10. The normalized spacial score (nSPS) is 32.9. The third kappa shape index (κ3) is 2.28. The van der Waals surface area contributed by atoms with Crippen LogP contribution in [-0.2, 0) is 12.8 Å². The van der Waals surface area contributed by atoms with E-state index in [4.69, 9.17) is 0 Å². The third-order valence-corrected chi connectivity index (χ3v) is 5.76. The Balaban J connectivity index is 1.44. The first-order valence-corrected chi connectivity index (χ1v) is 8.27. The summed E-state index contributed by atoms with van der Waals surface area (Å²) < 4.78 is 0. The average Bonchev–Trinajstić information content (AvgIpc) is 3.05. The summed E-state index contributed by atoms with van der Waals surface area (Å²) in [7, 11) is 0. The Morgan fingerprint density at radius 1 is 0.842 bits per heavy atom. The molecule has 3 unspecified atom stereocenters. The number of rotatable bonds is 2. The van der Waals surface area contributed by atoms with Crippen LogP contribution < -0.4 is 5.32 Å². The summed E-state index contributed by atoms with van der Waals surface area (Å²) in [6.07, 6.45) is 12.7. The van der Waals surface area contributed by atoms with E-state index in [0.717, 1.165) is 17.9 Å². The van der Waals surface area contributed by atoms with Gasteiger partial charge in [0, 0.05) is 11.7 Å². The highest BCUT2D eigenvalue weighted by molar-refractivity contribution is 5.50. The van der Waals surface area contributed by atoms with Crippen LogP contribution in [0.3, 0.4) is 0 Å². The fourth-order valence-electron chi connectivity index (χ4n) is 4.73. The van der Waals surface area contributed by atoms with Gasteiger partial charge in [-0.1, -0.05) is 25.3 Å². The average molecular weight is 255 g/mol. The number of anilines is 1. The molecule has 3 aliphatic rings. The van der Waals surface area contributed by atoms with E-state index in [1.165, 1.54) is 63.5 Å². The van der Waals surface area contributed by atoms with E-state index in [1.807, 2.05) is 0 Å². The molecule has 102 valence electrons. The molecule has 0 bridgehead atoms. The molecule has 4 rings (SSSR count). The lowest BCUT2D eigenvalue weighted by Crippen LogP contribution is -2.30. The van der Waals surface area contributed by atoms with Gasteiger partial charge in [-0.05, 0) is 73.6 Å². The molecule has 1 heteroatoms. The lowest BCUT2D eigenvalue weighted by atomic mass is 9.79. The lowest BCUT2D eigenvalue weighted by Gasteiger charge is -2.33. The Hall–Kier alpha value is -0.980. The van der Waals surface area contributed by atoms with Crippen LogP contribution in [-0.4, -0.2) is 6.04 Å². The predicted molar refractivity (Wildman–Crippen MR) is 80.6 cm³/mol. The molecule has 1 N–H and O–H groups in total. The molecule has 19 heavy (non-hydrogen) atoms. The van der Waals surface area contributed by atoms with E-state index < -0.39 is 0 Å². The molecule has 0 aromatic heterocycles. The van der Waals surface area contributed by atoms with Gasteiger partial charge >= 0.3 is 0 Å². The van der Waals surface area contributed by atoms with Gasteiger partial charge in [0.25, 0.3) is 0 Å². The van der Waals surface area contributed by atoms with Gasteiger partial charge in [0.15, 0.2) is 0 Å². The lowest BCUT2D eigenvalue weighted by molar-refractivity contribution is 0.261. The Kier molecular flexibility index (Phi) is 3.01. The number of nitrogens with one attached hydrogen (secondary N) is 1. The second-order valence-electron chi connectivity index (χ2n) is 6.94. The molecule has 3 aliphatic carbocycles. The molecular weight excluding hydrogens is 230 g/mol. The number of hydrogen-bond acceptors (Lipinski definition) is 1. The van der Waals surface area contributed by atoms with Crippen LogP contribution in [0.1, 0.15) is 56.1 Å². The molecule has 1 nitrogen and oxygen atoms in total. The van der Waals surface area contributed by atoms with E-state index in [1.54, 1.807) is 11.1 Å². The molecule has 3 atom stereocenters. The molecular formula is C18H25N. The zero-order valence-corrected chi connectivity index (χ0v) is 11.8. The van der Waals surface area contributed by atoms with Gasteiger partial charge in [-0.25, -0.2) is 0 Å². The number of aryl methyl sites for hydroxylation is 2. The summed E-state index contributed by atoms with van der Waals surface area (Å²) >= 11 is 0. The first kappa shape index (κ1) is 11.8. The second kappa shape index (κ2) is 4.85. The van der Waals surface area contributed by atoms with Crippen molar-refractivity contribution in [3.63, 3.8) is 0 Å². The SMILES string of the molecule is c1cc2c(cc1NC1CCC3CCCC3C1)CCC2. The Morgan fingerprint density at radius 3 is 2.74 bits per heavy atom. The van der Waals surface area contributed by atoms with Crippen LogP contribution in [0.5, 0.6) is 0 Å². The summed E-state index contributed by atoms with van der Waals surface area (Å²) in [5.41, 5.74) is 4.56. The molecule has 0 heterocycles. The van der Waals surface area contributed by atoms with Gasteiger partial charge in [-0.15, -0.1) is 0 Å². The van der Waals surface area contributed by atoms with Gasteiger partial charge in [0.1, 0.15) is 0 Å². The predicted octanol–water partition coefficient (Wildman–Crippen LogP) is 4.56. The molecule has 1 aromatic rings. The largest absolute Gasteiger partial charge is 0.382 e. The molecule has 0 spiro atoms. The fraction of sp³-hybridized carbons (Fsp3) is 0.667. The maximum absolute atomic E-state index is 3.82. The van der Waals surface area contributed by atoms with Crippen molar-refractivity contribution < 1.29 is 0 Å². The van der Waals surface area contributed by atoms with E-state index in [2.05, 4.69) is 23.5 Å². The van der Waals surface area contributed by atoms with Gasteiger partial charge < -0.3 is 5.32 Å². The van der Waals surface area contributed by atoms with Crippen molar-refractivity contribution in [2.24, 2.45) is 11.8 Å². The van der Waals surface area contributed by atoms with Crippen LogP contribution in [0, 0.1) is 11.8 Å². The van der Waals surface area contributed by atoms with Crippen molar-refractivity contribution in [3.05, 3.63) is 29.3 Å². The molecule has 0 aliphatic heterocycles. The second-order valence-corrected chi connectivity index (χ2v) is 6.94. The Morgan fingerprint density at radius 2 is 1.74 bits per heavy atom. The van der Waals surface area contributed by atoms with Gasteiger partial charge in [-0.2, -0.15) is 0 Å². The van der Waals surface area contributed by atoms with Crippen LogP contribution in [0.2, 0.25) is 0 Å². The molecule has 1 aromatic carbocycles. The first-order valence-electron chi connectivity index (χ1n) is 8.27. The van der Waals surface area contributed by atoms with Crippen LogP contribution >= 0.6 is 0 Å². The van der Waals surface area contributed by atoms with E-state index in [-0.39, 0.29) is 0 Å². The highest BCUT2D eigenvalue weighted by Crippen LogP contribution is 2.42. The monoisotopic (exact) mass is 255 g/mol. The summed E-state index contributed by atoms with van der Waals surface area (Å²) in [5, 5.41) is 3.82. The zero-order valence-electron chi connectivity index (χ0n) is 11.8. The van der Waals surface area contributed by atoms with E-state index in [0.29, 0.717) is 0 Å². The number of benzene rings is 1. The summed E-state index contributed by atoms with van der Waals surface area (Å²) in [6.45, 7) is 0. The molecule has 0 saturated heterocycles. The standard InChI is InChI=1S/C18H25N/c1-3-13-7-9-17(11-15(13)5-1)19-18-10-8-14-4-2-6-16(14)12-18/h7,9,11,14,16,18-19H,1-6,8,10,12H2. The van der Waals surface area contributed by atoms with Crippen LogP contribution in [0.25, 0.3) is 0 Å². The maximum atomic E-state index is 3.82. The molecule has 2 saturated carbocycles. The Bertz CT molecular complexity index is 465. The molecule has 0 amide bonds. The first-order chi connectivity index (χ1) is 9.38. The smallest absolute Gasteiger partial charge is 0.0345 e. The topological polar surface area (TPSA) is 12.0 Å². The maximum Gasteiger partial charge on any atom is 0.0345 e. The quantitative estimate of drug-likeness (QED) is 0.817. The Labute approximate surface area is 116 Å². The van der Waals surface area contributed by atoms with Crippen LogP contribution in [0.15, 0.2) is 18.2 Å². The third-order valence-electron chi connectivity index (χ3n) is 5.76. The van der Waals surface area contributed by atoms with Gasteiger partial charge in [-0.3, -0.25) is 0 Å². The van der Waals surface area contributed by atoms with Crippen LogP contribution in [0.4, 0.5) is 5.69 Å².